The minimum atomic E-state index is -1.07. The van der Waals surface area contributed by atoms with Crippen LogP contribution in [0.25, 0.3) is 0 Å². The van der Waals surface area contributed by atoms with Crippen LogP contribution in [0.2, 0.25) is 0 Å². The van der Waals surface area contributed by atoms with Crippen LogP contribution in [0, 0.1) is 0 Å². The van der Waals surface area contributed by atoms with Crippen molar-refractivity contribution in [2.24, 2.45) is 0 Å². The van der Waals surface area contributed by atoms with E-state index in [1.807, 2.05) is 13.8 Å². The number of fused-ring (bicyclic) bond motifs is 2. The van der Waals surface area contributed by atoms with E-state index in [4.69, 9.17) is 23.7 Å². The summed E-state index contributed by atoms with van der Waals surface area (Å²) in [4.78, 5) is 0. The molecule has 18 heavy (non-hydrogen) atoms. The van der Waals surface area contributed by atoms with Crippen LogP contribution in [0.15, 0.2) is 0 Å². The van der Waals surface area contributed by atoms with Crippen molar-refractivity contribution in [1.82, 2.24) is 0 Å². The molecule has 3 saturated heterocycles. The van der Waals surface area contributed by atoms with Crippen LogP contribution in [-0.4, -0.2) is 54.0 Å². The summed E-state index contributed by atoms with van der Waals surface area (Å²) in [5.74, 6) is -2.54. The fourth-order valence-corrected chi connectivity index (χ4v) is 3.02. The minimum absolute atomic E-state index is 0.184. The highest BCUT2D eigenvalue weighted by Crippen LogP contribution is 2.49. The quantitative estimate of drug-likeness (QED) is 0.735. The summed E-state index contributed by atoms with van der Waals surface area (Å²) in [6.07, 6.45) is -1.14. The van der Waals surface area contributed by atoms with E-state index in [0.717, 1.165) is 0 Å². The molecule has 1 spiro atoms. The number of aliphatic hydroxyl groups is 1. The molecule has 3 heterocycles. The molecule has 0 unspecified atom stereocenters. The molecule has 3 aliphatic rings. The fourth-order valence-electron chi connectivity index (χ4n) is 3.02. The average Bonchev–Trinajstić information content (AvgIpc) is 2.79. The summed E-state index contributed by atoms with van der Waals surface area (Å²) in [6, 6.07) is 0. The van der Waals surface area contributed by atoms with Gasteiger partial charge >= 0.3 is 0 Å². The first-order valence-corrected chi connectivity index (χ1v) is 6.26. The third kappa shape index (κ3) is 1.71. The van der Waals surface area contributed by atoms with Gasteiger partial charge in [0.2, 0.25) is 5.79 Å². The third-order valence-electron chi connectivity index (χ3n) is 3.50. The number of aliphatic hydroxyl groups excluding tert-OH is 1. The van der Waals surface area contributed by atoms with Gasteiger partial charge < -0.3 is 28.8 Å². The lowest BCUT2D eigenvalue weighted by atomic mass is 10.0. The van der Waals surface area contributed by atoms with Gasteiger partial charge in [-0.2, -0.15) is 0 Å². The third-order valence-corrected chi connectivity index (χ3v) is 3.50. The highest BCUT2D eigenvalue weighted by atomic mass is 16.9. The van der Waals surface area contributed by atoms with Crippen LogP contribution in [0.1, 0.15) is 27.7 Å². The van der Waals surface area contributed by atoms with E-state index in [2.05, 4.69) is 0 Å². The first kappa shape index (κ1) is 12.8. The monoisotopic (exact) mass is 260 g/mol. The molecular formula is C12H20O6. The zero-order valence-electron chi connectivity index (χ0n) is 11.1. The van der Waals surface area contributed by atoms with E-state index in [1.165, 1.54) is 0 Å². The zero-order chi connectivity index (χ0) is 13.2. The second kappa shape index (κ2) is 3.65. The molecule has 6 nitrogen and oxygen atoms in total. The molecule has 104 valence electrons. The summed E-state index contributed by atoms with van der Waals surface area (Å²) < 4.78 is 29.0. The molecule has 0 aromatic carbocycles. The molecule has 0 bridgehead atoms. The molecule has 1 N–H and O–H groups in total. The highest BCUT2D eigenvalue weighted by Gasteiger charge is 2.68. The SMILES string of the molecule is CC1(C)O[C@@H]2[C@@H](CO[C@@]23OC(C)(C)O[C@@H]3CO)O1. The molecule has 3 rings (SSSR count). The molecule has 3 fully saturated rings. The van der Waals surface area contributed by atoms with Crippen molar-refractivity contribution in [2.45, 2.75) is 63.4 Å². The summed E-state index contributed by atoms with van der Waals surface area (Å²) in [6.45, 7) is 7.49. The van der Waals surface area contributed by atoms with Crippen LogP contribution in [0.5, 0.6) is 0 Å². The van der Waals surface area contributed by atoms with Crippen LogP contribution in [0.3, 0.4) is 0 Å². The predicted octanol–water partition coefficient (Wildman–Crippen LogP) is 0.377. The van der Waals surface area contributed by atoms with Gasteiger partial charge in [-0.15, -0.1) is 0 Å². The Morgan fingerprint density at radius 2 is 1.78 bits per heavy atom. The van der Waals surface area contributed by atoms with Gasteiger partial charge in [0.05, 0.1) is 13.2 Å². The standard InChI is InChI=1S/C12H20O6/c1-10(2)15-7-6-14-12(9(7)17-10)8(5-13)16-11(3,4)18-12/h7-9,13H,5-6H2,1-4H3/t7-,8-,9-,12+/m1/s1. The molecule has 0 amide bonds. The Morgan fingerprint density at radius 3 is 2.44 bits per heavy atom. The zero-order valence-corrected chi connectivity index (χ0v) is 11.1. The van der Waals surface area contributed by atoms with Crippen LogP contribution >= 0.6 is 0 Å². The Morgan fingerprint density at radius 1 is 1.06 bits per heavy atom. The van der Waals surface area contributed by atoms with Gasteiger partial charge in [0, 0.05) is 0 Å². The van der Waals surface area contributed by atoms with Crippen molar-refractivity contribution < 1.29 is 28.8 Å². The van der Waals surface area contributed by atoms with Crippen molar-refractivity contribution in [3.8, 4) is 0 Å². The Kier molecular flexibility index (Phi) is 2.59. The maximum atomic E-state index is 9.49. The Balaban J connectivity index is 1.91. The topological polar surface area (TPSA) is 66.4 Å². The van der Waals surface area contributed by atoms with E-state index < -0.39 is 23.5 Å². The van der Waals surface area contributed by atoms with Crippen LogP contribution in [0.4, 0.5) is 0 Å². The van der Waals surface area contributed by atoms with Crippen LogP contribution < -0.4 is 0 Å². The molecular weight excluding hydrogens is 240 g/mol. The van der Waals surface area contributed by atoms with E-state index in [1.54, 1.807) is 13.8 Å². The van der Waals surface area contributed by atoms with Crippen molar-refractivity contribution in [1.29, 1.82) is 0 Å². The highest BCUT2D eigenvalue weighted by molar-refractivity contribution is 5.05. The smallest absolute Gasteiger partial charge is 0.229 e. The lowest BCUT2D eigenvalue weighted by Crippen LogP contribution is -2.52. The molecule has 6 heteroatoms. The second-order valence-corrected chi connectivity index (χ2v) is 5.92. The number of rotatable bonds is 1. The maximum absolute atomic E-state index is 9.49. The van der Waals surface area contributed by atoms with Gasteiger partial charge in [0.1, 0.15) is 18.3 Å². The first-order valence-electron chi connectivity index (χ1n) is 6.26. The lowest BCUT2D eigenvalue weighted by Gasteiger charge is -2.32. The van der Waals surface area contributed by atoms with Gasteiger partial charge in [0.15, 0.2) is 11.6 Å². The van der Waals surface area contributed by atoms with Gasteiger partial charge in [-0.25, -0.2) is 0 Å². The first-order chi connectivity index (χ1) is 8.28. The van der Waals surface area contributed by atoms with E-state index in [-0.39, 0.29) is 18.8 Å². The molecule has 4 atom stereocenters. The summed E-state index contributed by atoms with van der Waals surface area (Å²) in [7, 11) is 0. The largest absolute Gasteiger partial charge is 0.393 e. The van der Waals surface area contributed by atoms with E-state index in [0.29, 0.717) is 6.61 Å². The lowest BCUT2D eigenvalue weighted by molar-refractivity contribution is -0.290. The average molecular weight is 260 g/mol. The van der Waals surface area contributed by atoms with Crippen molar-refractivity contribution in [3.63, 3.8) is 0 Å². The normalized spacial score (nSPS) is 48.8. The van der Waals surface area contributed by atoms with Gasteiger partial charge in [-0.05, 0) is 27.7 Å². The van der Waals surface area contributed by atoms with E-state index in [9.17, 15) is 5.11 Å². The number of ether oxygens (including phenoxy) is 5. The summed E-state index contributed by atoms with van der Waals surface area (Å²) >= 11 is 0. The Hall–Kier alpha value is -0.240. The molecule has 0 aromatic rings. The van der Waals surface area contributed by atoms with Crippen molar-refractivity contribution in [2.75, 3.05) is 13.2 Å². The van der Waals surface area contributed by atoms with Crippen molar-refractivity contribution in [3.05, 3.63) is 0 Å². The predicted molar refractivity (Wildman–Crippen MR) is 59.6 cm³/mol. The van der Waals surface area contributed by atoms with E-state index >= 15 is 0 Å². The fraction of sp³-hybridized carbons (Fsp3) is 1.00. The molecule has 0 aliphatic carbocycles. The Bertz CT molecular complexity index is 354. The molecule has 0 aromatic heterocycles. The van der Waals surface area contributed by atoms with Gasteiger partial charge in [-0.1, -0.05) is 0 Å². The second-order valence-electron chi connectivity index (χ2n) is 5.92. The maximum Gasteiger partial charge on any atom is 0.229 e. The minimum Gasteiger partial charge on any atom is -0.393 e. The number of hydrogen-bond donors (Lipinski definition) is 1. The van der Waals surface area contributed by atoms with Gasteiger partial charge in [0.25, 0.3) is 0 Å². The van der Waals surface area contributed by atoms with Crippen molar-refractivity contribution >= 4 is 0 Å². The summed E-state index contributed by atoms with van der Waals surface area (Å²) in [5.41, 5.74) is 0. The number of hydrogen-bond acceptors (Lipinski definition) is 6. The molecule has 3 aliphatic heterocycles. The Labute approximate surface area is 106 Å². The molecule has 0 radical (unpaired) electrons. The van der Waals surface area contributed by atoms with Gasteiger partial charge in [-0.3, -0.25) is 0 Å². The van der Waals surface area contributed by atoms with Crippen LogP contribution in [-0.2, 0) is 23.7 Å². The summed E-state index contributed by atoms with van der Waals surface area (Å²) in [5, 5.41) is 9.49. The molecule has 0 saturated carbocycles.